The summed E-state index contributed by atoms with van der Waals surface area (Å²) >= 11 is 4.87. The van der Waals surface area contributed by atoms with Gasteiger partial charge in [0.2, 0.25) is 0 Å². The van der Waals surface area contributed by atoms with Crippen LogP contribution in [0.4, 0.5) is 4.39 Å². The monoisotopic (exact) mass is 270 g/mol. The fourth-order valence-electron chi connectivity index (χ4n) is 1.63. The zero-order chi connectivity index (χ0) is 13.7. The Kier molecular flexibility index (Phi) is 5.65. The largest absolute Gasteiger partial charge is 0.393 e. The van der Waals surface area contributed by atoms with Crippen molar-refractivity contribution in [2.75, 3.05) is 13.6 Å². The molecule has 0 heterocycles. The molecule has 0 fully saturated rings. The van der Waals surface area contributed by atoms with Crippen LogP contribution in [0.5, 0.6) is 0 Å². The molecule has 100 valence electrons. The van der Waals surface area contributed by atoms with Crippen LogP contribution in [0.25, 0.3) is 0 Å². The number of aliphatic hydroxyl groups is 1. The predicted molar refractivity (Wildman–Crippen MR) is 74.9 cm³/mol. The lowest BCUT2D eigenvalue weighted by Gasteiger charge is -2.18. The molecule has 0 aliphatic carbocycles. The first kappa shape index (κ1) is 15.0. The van der Waals surface area contributed by atoms with Gasteiger partial charge in [-0.2, -0.15) is 0 Å². The Balaban J connectivity index is 2.71. The minimum atomic E-state index is -0.347. The van der Waals surface area contributed by atoms with Crippen molar-refractivity contribution in [3.63, 3.8) is 0 Å². The first-order chi connectivity index (χ1) is 8.40. The summed E-state index contributed by atoms with van der Waals surface area (Å²) in [7, 11) is 1.88. The zero-order valence-electron chi connectivity index (χ0n) is 10.7. The summed E-state index contributed by atoms with van der Waals surface area (Å²) in [6.07, 6.45) is 0.313. The summed E-state index contributed by atoms with van der Waals surface area (Å²) in [6, 6.07) is 4.64. The van der Waals surface area contributed by atoms with Crippen molar-refractivity contribution in [2.45, 2.75) is 26.0 Å². The van der Waals surface area contributed by atoms with Crippen molar-refractivity contribution < 1.29 is 9.50 Å². The molecule has 5 heteroatoms. The number of rotatable bonds is 6. The van der Waals surface area contributed by atoms with E-state index in [1.807, 2.05) is 11.9 Å². The van der Waals surface area contributed by atoms with Gasteiger partial charge >= 0.3 is 0 Å². The second-order valence-electron chi connectivity index (χ2n) is 4.55. The molecule has 1 unspecified atom stereocenters. The van der Waals surface area contributed by atoms with Crippen LogP contribution in [-0.4, -0.2) is 34.7 Å². The van der Waals surface area contributed by atoms with E-state index in [4.69, 9.17) is 18.0 Å². The highest BCUT2D eigenvalue weighted by Crippen LogP contribution is 2.13. The highest BCUT2D eigenvalue weighted by atomic mass is 32.1. The number of thiocarbonyl (C=S) groups is 1. The lowest BCUT2D eigenvalue weighted by atomic mass is 10.1. The maximum Gasteiger partial charge on any atom is 0.127 e. The maximum atomic E-state index is 13.6. The first-order valence-electron chi connectivity index (χ1n) is 5.85. The van der Waals surface area contributed by atoms with Gasteiger partial charge in [0.05, 0.1) is 6.10 Å². The molecule has 1 aromatic carbocycles. The van der Waals surface area contributed by atoms with Crippen LogP contribution in [0.15, 0.2) is 18.2 Å². The average molecular weight is 270 g/mol. The molecule has 3 nitrogen and oxygen atoms in total. The number of hydrogen-bond donors (Lipinski definition) is 2. The van der Waals surface area contributed by atoms with E-state index in [2.05, 4.69) is 0 Å². The lowest BCUT2D eigenvalue weighted by molar-refractivity contribution is 0.162. The smallest absolute Gasteiger partial charge is 0.127 e. The third-order valence-electron chi connectivity index (χ3n) is 2.70. The van der Waals surface area contributed by atoms with E-state index >= 15 is 0 Å². The van der Waals surface area contributed by atoms with Gasteiger partial charge in [-0.25, -0.2) is 4.39 Å². The molecule has 18 heavy (non-hydrogen) atoms. The normalized spacial score (nSPS) is 12.7. The number of aliphatic hydroxyl groups excluding tert-OH is 1. The molecule has 1 aromatic rings. The van der Waals surface area contributed by atoms with Crippen LogP contribution >= 0.6 is 12.2 Å². The van der Waals surface area contributed by atoms with E-state index in [-0.39, 0.29) is 16.9 Å². The Morgan fingerprint density at radius 1 is 1.56 bits per heavy atom. The van der Waals surface area contributed by atoms with Gasteiger partial charge in [0, 0.05) is 24.2 Å². The van der Waals surface area contributed by atoms with E-state index in [1.54, 1.807) is 19.1 Å². The first-order valence-corrected chi connectivity index (χ1v) is 6.26. The molecule has 0 saturated heterocycles. The molecule has 1 rings (SSSR count). The second-order valence-corrected chi connectivity index (χ2v) is 4.99. The maximum absolute atomic E-state index is 13.6. The molecule has 0 radical (unpaired) electrons. The van der Waals surface area contributed by atoms with Gasteiger partial charge in [0.1, 0.15) is 10.8 Å². The summed E-state index contributed by atoms with van der Waals surface area (Å²) in [6.45, 7) is 2.91. The minimum absolute atomic E-state index is 0.265. The third kappa shape index (κ3) is 4.68. The molecule has 0 bridgehead atoms. The Morgan fingerprint density at radius 3 is 2.78 bits per heavy atom. The lowest BCUT2D eigenvalue weighted by Crippen LogP contribution is -2.23. The Labute approximate surface area is 112 Å². The Morgan fingerprint density at radius 2 is 2.22 bits per heavy atom. The molecule has 1 atom stereocenters. The van der Waals surface area contributed by atoms with Crippen molar-refractivity contribution in [1.82, 2.24) is 4.90 Å². The van der Waals surface area contributed by atoms with Crippen LogP contribution in [0.1, 0.15) is 24.5 Å². The zero-order valence-corrected chi connectivity index (χ0v) is 11.5. The van der Waals surface area contributed by atoms with Crippen LogP contribution in [0, 0.1) is 5.82 Å². The summed E-state index contributed by atoms with van der Waals surface area (Å²) in [5.74, 6) is -0.265. The fourth-order valence-corrected chi connectivity index (χ4v) is 1.75. The highest BCUT2D eigenvalue weighted by molar-refractivity contribution is 7.80. The van der Waals surface area contributed by atoms with Crippen molar-refractivity contribution in [3.05, 3.63) is 35.1 Å². The summed E-state index contributed by atoms with van der Waals surface area (Å²) in [5, 5.41) is 9.20. The predicted octanol–water partition coefficient (Wildman–Crippen LogP) is 1.66. The third-order valence-corrected chi connectivity index (χ3v) is 2.93. The fraction of sp³-hybridized carbons (Fsp3) is 0.462. The van der Waals surface area contributed by atoms with Gasteiger partial charge < -0.3 is 15.7 Å². The van der Waals surface area contributed by atoms with Crippen molar-refractivity contribution in [1.29, 1.82) is 0 Å². The van der Waals surface area contributed by atoms with Crippen LogP contribution < -0.4 is 5.73 Å². The van der Waals surface area contributed by atoms with Crippen LogP contribution in [-0.2, 0) is 6.54 Å². The van der Waals surface area contributed by atoms with Crippen LogP contribution in [0.2, 0.25) is 0 Å². The molecule has 0 amide bonds. The van der Waals surface area contributed by atoms with Crippen molar-refractivity contribution in [2.24, 2.45) is 5.73 Å². The van der Waals surface area contributed by atoms with Crippen molar-refractivity contribution >= 4 is 17.2 Å². The number of hydrogen-bond acceptors (Lipinski definition) is 3. The SMILES string of the molecule is CC(O)CCN(C)Cc1cc(C(N)=S)ccc1F. The molecule has 0 spiro atoms. The average Bonchev–Trinajstić information content (AvgIpc) is 2.29. The number of nitrogens with zero attached hydrogens (tertiary/aromatic N) is 1. The molecule has 0 aliphatic heterocycles. The van der Waals surface area contributed by atoms with Gasteiger partial charge in [-0.1, -0.05) is 12.2 Å². The molecule has 3 N–H and O–H groups in total. The van der Waals surface area contributed by atoms with E-state index in [0.29, 0.717) is 30.6 Å². The van der Waals surface area contributed by atoms with Gasteiger partial charge in [0.25, 0.3) is 0 Å². The van der Waals surface area contributed by atoms with Gasteiger partial charge in [-0.15, -0.1) is 0 Å². The van der Waals surface area contributed by atoms with Gasteiger partial charge in [-0.05, 0) is 38.6 Å². The van der Waals surface area contributed by atoms with E-state index < -0.39 is 0 Å². The number of halogens is 1. The van der Waals surface area contributed by atoms with Crippen molar-refractivity contribution in [3.8, 4) is 0 Å². The Bertz CT molecular complexity index is 423. The standard InChI is InChI=1S/C13H19FN2OS/c1-9(17)5-6-16(2)8-11-7-10(13(15)18)3-4-12(11)14/h3-4,7,9,17H,5-6,8H2,1-2H3,(H2,15,18). The molecule has 0 aliphatic rings. The second kappa shape index (κ2) is 6.78. The van der Waals surface area contributed by atoms with E-state index in [9.17, 15) is 9.50 Å². The number of nitrogens with two attached hydrogens (primary N) is 1. The van der Waals surface area contributed by atoms with Gasteiger partial charge in [0.15, 0.2) is 0 Å². The molecular formula is C13H19FN2OS. The Hall–Kier alpha value is -1.04. The molecule has 0 saturated carbocycles. The van der Waals surface area contributed by atoms with E-state index in [0.717, 1.165) is 0 Å². The summed E-state index contributed by atoms with van der Waals surface area (Å²) in [5.41, 5.74) is 6.76. The quantitative estimate of drug-likeness (QED) is 0.772. The topological polar surface area (TPSA) is 49.5 Å². The highest BCUT2D eigenvalue weighted by Gasteiger charge is 2.09. The van der Waals surface area contributed by atoms with Crippen LogP contribution in [0.3, 0.4) is 0 Å². The molecule has 0 aromatic heterocycles. The summed E-state index contributed by atoms with van der Waals surface area (Å²) < 4.78 is 13.6. The summed E-state index contributed by atoms with van der Waals surface area (Å²) in [4.78, 5) is 2.22. The minimum Gasteiger partial charge on any atom is -0.393 e. The number of benzene rings is 1. The molecular weight excluding hydrogens is 251 g/mol. The van der Waals surface area contributed by atoms with E-state index in [1.165, 1.54) is 6.07 Å². The van der Waals surface area contributed by atoms with Gasteiger partial charge in [-0.3, -0.25) is 0 Å².